The molecule has 3 atom stereocenters. The van der Waals surface area contributed by atoms with Crippen molar-refractivity contribution in [3.05, 3.63) is 23.8 Å². The largest absolute Gasteiger partial charge is 0.399 e. The average molecular weight is 310 g/mol. The number of hydrogen-bond acceptors (Lipinski definition) is 4. The fraction of sp³-hybridized carbons (Fsp3) is 0.533. The number of carbonyl (C=O) groups excluding carboxylic acids is 1. The number of amides is 1. The fourth-order valence-electron chi connectivity index (χ4n) is 2.39. The van der Waals surface area contributed by atoms with E-state index in [1.807, 2.05) is 19.9 Å². The lowest BCUT2D eigenvalue weighted by atomic mass is 10.2. The molecule has 1 saturated heterocycles. The highest BCUT2D eigenvalue weighted by Crippen LogP contribution is 2.20. The highest BCUT2D eigenvalue weighted by atomic mass is 32.2. The van der Waals surface area contributed by atoms with Crippen LogP contribution in [0.25, 0.3) is 0 Å². The van der Waals surface area contributed by atoms with E-state index in [0.29, 0.717) is 23.7 Å². The lowest BCUT2D eigenvalue weighted by Crippen LogP contribution is -2.26. The van der Waals surface area contributed by atoms with E-state index < -0.39 is 10.8 Å². The highest BCUT2D eigenvalue weighted by molar-refractivity contribution is 7.85. The minimum atomic E-state index is -1.02. The molecule has 1 aromatic carbocycles. The SMILES string of the molecule is Cc1ccc(N)cc1NC(=O)CCS(=O)C1CCOC1C. The number of anilines is 2. The Morgan fingerprint density at radius 3 is 2.95 bits per heavy atom. The molecule has 0 aromatic heterocycles. The Morgan fingerprint density at radius 1 is 1.52 bits per heavy atom. The van der Waals surface area contributed by atoms with Crippen molar-refractivity contribution in [1.82, 2.24) is 0 Å². The second kappa shape index (κ2) is 7.04. The van der Waals surface area contributed by atoms with Gasteiger partial charge in [-0.05, 0) is 38.0 Å². The van der Waals surface area contributed by atoms with Crippen LogP contribution in [0.1, 0.15) is 25.3 Å². The first-order chi connectivity index (χ1) is 9.97. The van der Waals surface area contributed by atoms with Crippen molar-refractivity contribution in [1.29, 1.82) is 0 Å². The third-order valence-electron chi connectivity index (χ3n) is 3.71. The summed E-state index contributed by atoms with van der Waals surface area (Å²) >= 11 is 0. The summed E-state index contributed by atoms with van der Waals surface area (Å²) < 4.78 is 17.6. The average Bonchev–Trinajstić information content (AvgIpc) is 2.86. The maximum atomic E-state index is 12.2. The summed E-state index contributed by atoms with van der Waals surface area (Å²) in [6.07, 6.45) is 1.07. The topological polar surface area (TPSA) is 81.4 Å². The Labute approximate surface area is 127 Å². The summed E-state index contributed by atoms with van der Waals surface area (Å²) in [7, 11) is -1.02. The molecule has 0 aliphatic carbocycles. The van der Waals surface area contributed by atoms with Crippen LogP contribution < -0.4 is 11.1 Å². The second-order valence-corrected chi connectivity index (χ2v) is 7.14. The predicted octanol–water partition coefficient (Wildman–Crippen LogP) is 1.83. The number of carbonyl (C=O) groups is 1. The molecule has 0 spiro atoms. The molecule has 1 aromatic rings. The van der Waals surface area contributed by atoms with Gasteiger partial charge in [0.2, 0.25) is 5.91 Å². The van der Waals surface area contributed by atoms with Gasteiger partial charge in [-0.2, -0.15) is 0 Å². The zero-order valence-corrected chi connectivity index (χ0v) is 13.2. The summed E-state index contributed by atoms with van der Waals surface area (Å²) in [4.78, 5) is 12.0. The van der Waals surface area contributed by atoms with Crippen LogP contribution >= 0.6 is 0 Å². The molecule has 5 nitrogen and oxygen atoms in total. The van der Waals surface area contributed by atoms with Crippen molar-refractivity contribution in [2.75, 3.05) is 23.4 Å². The lowest BCUT2D eigenvalue weighted by molar-refractivity contribution is -0.115. The van der Waals surface area contributed by atoms with Crippen LogP contribution in [0.3, 0.4) is 0 Å². The van der Waals surface area contributed by atoms with E-state index in [9.17, 15) is 9.00 Å². The van der Waals surface area contributed by atoms with E-state index in [2.05, 4.69) is 5.32 Å². The Balaban J connectivity index is 1.84. The molecule has 0 saturated carbocycles. The van der Waals surface area contributed by atoms with Crippen molar-refractivity contribution in [2.24, 2.45) is 0 Å². The van der Waals surface area contributed by atoms with Gasteiger partial charge in [0.25, 0.3) is 0 Å². The van der Waals surface area contributed by atoms with Crippen molar-refractivity contribution < 1.29 is 13.7 Å². The van der Waals surface area contributed by atoms with E-state index >= 15 is 0 Å². The first-order valence-corrected chi connectivity index (χ1v) is 8.50. The number of aryl methyl sites for hydroxylation is 1. The smallest absolute Gasteiger partial charge is 0.225 e. The quantitative estimate of drug-likeness (QED) is 0.813. The Morgan fingerprint density at radius 2 is 2.29 bits per heavy atom. The molecule has 21 heavy (non-hydrogen) atoms. The first-order valence-electron chi connectivity index (χ1n) is 7.12. The third kappa shape index (κ3) is 4.28. The number of ether oxygens (including phenoxy) is 1. The van der Waals surface area contributed by atoms with Gasteiger partial charge >= 0.3 is 0 Å². The number of hydrogen-bond donors (Lipinski definition) is 2. The molecule has 0 bridgehead atoms. The van der Waals surface area contributed by atoms with Gasteiger partial charge in [-0.15, -0.1) is 0 Å². The fourth-order valence-corrected chi connectivity index (χ4v) is 3.94. The minimum absolute atomic E-state index is 0.0186. The molecule has 1 heterocycles. The van der Waals surface area contributed by atoms with Crippen molar-refractivity contribution in [3.63, 3.8) is 0 Å². The monoisotopic (exact) mass is 310 g/mol. The molecule has 3 N–H and O–H groups in total. The molecular weight excluding hydrogens is 288 g/mol. The predicted molar refractivity (Wildman–Crippen MR) is 85.7 cm³/mol. The second-order valence-electron chi connectivity index (χ2n) is 5.36. The van der Waals surface area contributed by atoms with E-state index in [0.717, 1.165) is 12.0 Å². The summed E-state index contributed by atoms with van der Waals surface area (Å²) in [5.74, 6) is 0.231. The number of nitrogen functional groups attached to an aromatic ring is 1. The van der Waals surface area contributed by atoms with Gasteiger partial charge in [0.05, 0.1) is 11.4 Å². The van der Waals surface area contributed by atoms with Crippen molar-refractivity contribution in [2.45, 2.75) is 38.0 Å². The summed E-state index contributed by atoms with van der Waals surface area (Å²) in [6.45, 7) is 4.50. The summed E-state index contributed by atoms with van der Waals surface area (Å²) in [5.41, 5.74) is 7.98. The number of nitrogens with two attached hydrogens (primary N) is 1. The molecule has 2 rings (SSSR count). The van der Waals surface area contributed by atoms with Crippen LogP contribution in [0.4, 0.5) is 11.4 Å². The van der Waals surface area contributed by atoms with Gasteiger partial charge < -0.3 is 15.8 Å². The normalized spacial score (nSPS) is 23.0. The van der Waals surface area contributed by atoms with Gasteiger partial charge in [0, 0.05) is 41.0 Å². The van der Waals surface area contributed by atoms with Crippen LogP contribution in [-0.2, 0) is 20.3 Å². The van der Waals surface area contributed by atoms with Crippen molar-refractivity contribution in [3.8, 4) is 0 Å². The van der Waals surface area contributed by atoms with Crippen molar-refractivity contribution >= 4 is 28.1 Å². The lowest BCUT2D eigenvalue weighted by Gasteiger charge is -2.14. The Kier molecular flexibility index (Phi) is 5.36. The van der Waals surface area contributed by atoms with Gasteiger partial charge in [0.1, 0.15) is 0 Å². The Bertz CT molecular complexity index is 548. The third-order valence-corrected chi connectivity index (χ3v) is 5.61. The molecule has 1 amide bonds. The molecule has 6 heteroatoms. The maximum Gasteiger partial charge on any atom is 0.225 e. The zero-order valence-electron chi connectivity index (χ0n) is 12.4. The molecule has 1 aliphatic heterocycles. The van der Waals surface area contributed by atoms with Crippen LogP contribution in [0.15, 0.2) is 18.2 Å². The number of nitrogens with one attached hydrogen (secondary N) is 1. The molecule has 116 valence electrons. The first kappa shape index (κ1) is 16.0. The number of benzene rings is 1. The van der Waals surface area contributed by atoms with Crippen LogP contribution in [0.2, 0.25) is 0 Å². The molecule has 0 radical (unpaired) electrons. The van der Waals surface area contributed by atoms with Gasteiger partial charge in [-0.3, -0.25) is 9.00 Å². The van der Waals surface area contributed by atoms with Gasteiger partial charge in [-0.25, -0.2) is 0 Å². The number of rotatable bonds is 5. The van der Waals surface area contributed by atoms with Crippen LogP contribution in [0.5, 0.6) is 0 Å². The van der Waals surface area contributed by atoms with Crippen LogP contribution in [0, 0.1) is 6.92 Å². The van der Waals surface area contributed by atoms with Gasteiger partial charge in [-0.1, -0.05) is 6.07 Å². The highest BCUT2D eigenvalue weighted by Gasteiger charge is 2.29. The Hall–Kier alpha value is -1.40. The molecule has 1 aliphatic rings. The summed E-state index contributed by atoms with van der Waals surface area (Å²) in [6, 6.07) is 5.39. The van der Waals surface area contributed by atoms with Gasteiger partial charge in [0.15, 0.2) is 0 Å². The van der Waals surface area contributed by atoms with E-state index in [-0.39, 0.29) is 23.7 Å². The standard InChI is InChI=1S/C15H22N2O3S/c1-10-3-4-12(16)9-13(10)17-15(18)6-8-21(19)14-5-7-20-11(14)2/h3-4,9,11,14H,5-8,16H2,1-2H3,(H,17,18). The van der Waals surface area contributed by atoms with E-state index in [1.165, 1.54) is 0 Å². The summed E-state index contributed by atoms with van der Waals surface area (Å²) in [5, 5.41) is 2.87. The van der Waals surface area contributed by atoms with E-state index in [4.69, 9.17) is 10.5 Å². The minimum Gasteiger partial charge on any atom is -0.399 e. The van der Waals surface area contributed by atoms with E-state index in [1.54, 1.807) is 12.1 Å². The molecule has 1 fully saturated rings. The molecular formula is C15H22N2O3S. The van der Waals surface area contributed by atoms with Crippen LogP contribution in [-0.4, -0.2) is 33.8 Å². The maximum absolute atomic E-state index is 12.2. The molecule has 3 unspecified atom stereocenters. The zero-order chi connectivity index (χ0) is 15.4.